The summed E-state index contributed by atoms with van der Waals surface area (Å²) in [7, 11) is 0. The molecule has 4 rings (SSSR count). The van der Waals surface area contributed by atoms with Crippen molar-refractivity contribution >= 4 is 34.1 Å². The van der Waals surface area contributed by atoms with Gasteiger partial charge in [-0.05, 0) is 35.9 Å². The molecule has 128 valence electrons. The van der Waals surface area contributed by atoms with Crippen molar-refractivity contribution in [3.05, 3.63) is 93.4 Å². The number of aromatic nitrogens is 2. The first-order chi connectivity index (χ1) is 12.6. The van der Waals surface area contributed by atoms with E-state index in [1.54, 1.807) is 30.3 Å². The lowest BCUT2D eigenvalue weighted by Gasteiger charge is -2.08. The van der Waals surface area contributed by atoms with Gasteiger partial charge in [0.1, 0.15) is 5.65 Å². The van der Waals surface area contributed by atoms with Gasteiger partial charge in [-0.15, -0.1) is 0 Å². The van der Waals surface area contributed by atoms with E-state index in [4.69, 9.17) is 11.6 Å². The average molecular weight is 364 g/mol. The van der Waals surface area contributed by atoms with E-state index in [0.717, 1.165) is 5.56 Å². The zero-order valence-corrected chi connectivity index (χ0v) is 14.4. The number of benzene rings is 2. The number of nitrogens with zero attached hydrogens (tertiary/aromatic N) is 2. The Bertz CT molecular complexity index is 1190. The Labute approximate surface area is 153 Å². The van der Waals surface area contributed by atoms with E-state index < -0.39 is 0 Å². The van der Waals surface area contributed by atoms with Crippen LogP contribution in [0.4, 0.5) is 0 Å². The van der Waals surface area contributed by atoms with E-state index in [9.17, 15) is 9.59 Å². The molecule has 2 aromatic carbocycles. The summed E-state index contributed by atoms with van der Waals surface area (Å²) in [5, 5.41) is 3.73. The second kappa shape index (κ2) is 6.61. The van der Waals surface area contributed by atoms with Crippen LogP contribution in [0.15, 0.2) is 71.7 Å². The Morgan fingerprint density at radius 3 is 2.69 bits per heavy atom. The number of fused-ring (bicyclic) bond motifs is 2. The molecule has 0 radical (unpaired) electrons. The lowest BCUT2D eigenvalue weighted by Crippen LogP contribution is -2.24. The van der Waals surface area contributed by atoms with Crippen LogP contribution < -0.4 is 10.9 Å². The fraction of sp³-hybridized carbons (Fsp3) is 0.0500. The minimum Gasteiger partial charge on any atom is -0.348 e. The largest absolute Gasteiger partial charge is 0.348 e. The Kier molecular flexibility index (Phi) is 4.14. The van der Waals surface area contributed by atoms with E-state index in [1.807, 2.05) is 30.3 Å². The highest BCUT2D eigenvalue weighted by molar-refractivity contribution is 6.31. The standard InChI is InChI=1S/C20H14ClN3O2/c21-15-7-8-17-16(10-15)20(26)24-12-14(6-9-18(24)23-17)19(25)22-11-13-4-2-1-3-5-13/h1-10,12H,11H2,(H,22,25). The topological polar surface area (TPSA) is 63.5 Å². The van der Waals surface area contributed by atoms with Gasteiger partial charge < -0.3 is 5.32 Å². The Morgan fingerprint density at radius 2 is 1.88 bits per heavy atom. The molecule has 26 heavy (non-hydrogen) atoms. The molecule has 4 aromatic rings. The molecule has 0 fully saturated rings. The predicted octanol–water partition coefficient (Wildman–Crippen LogP) is 3.43. The normalized spacial score (nSPS) is 11.0. The second-order valence-electron chi connectivity index (χ2n) is 5.89. The quantitative estimate of drug-likeness (QED) is 0.567. The number of nitrogens with one attached hydrogen (secondary N) is 1. The van der Waals surface area contributed by atoms with Crippen LogP contribution in [0.3, 0.4) is 0 Å². The summed E-state index contributed by atoms with van der Waals surface area (Å²) >= 11 is 5.98. The molecule has 0 saturated heterocycles. The van der Waals surface area contributed by atoms with Gasteiger partial charge >= 0.3 is 0 Å². The fourth-order valence-electron chi connectivity index (χ4n) is 2.79. The van der Waals surface area contributed by atoms with Crippen molar-refractivity contribution in [3.8, 4) is 0 Å². The monoisotopic (exact) mass is 363 g/mol. The average Bonchev–Trinajstić information content (AvgIpc) is 2.67. The molecule has 2 heterocycles. The third-order valence-corrected chi connectivity index (χ3v) is 4.36. The zero-order chi connectivity index (χ0) is 18.1. The first kappa shape index (κ1) is 16.3. The van der Waals surface area contributed by atoms with Crippen LogP contribution in [0.1, 0.15) is 15.9 Å². The molecular weight excluding hydrogens is 350 g/mol. The first-order valence-electron chi connectivity index (χ1n) is 8.06. The molecule has 1 amide bonds. The maximum absolute atomic E-state index is 12.7. The van der Waals surface area contributed by atoms with Crippen LogP contribution in [-0.4, -0.2) is 15.3 Å². The van der Waals surface area contributed by atoms with Crippen LogP contribution >= 0.6 is 11.6 Å². The number of amides is 1. The van der Waals surface area contributed by atoms with E-state index in [0.29, 0.717) is 33.7 Å². The summed E-state index contributed by atoms with van der Waals surface area (Å²) in [4.78, 5) is 29.6. The molecule has 0 unspecified atom stereocenters. The molecule has 0 aliphatic rings. The molecule has 6 heteroatoms. The Morgan fingerprint density at radius 1 is 1.08 bits per heavy atom. The number of halogens is 1. The molecule has 0 bridgehead atoms. The smallest absolute Gasteiger partial charge is 0.265 e. The zero-order valence-electron chi connectivity index (χ0n) is 13.6. The molecule has 2 aromatic heterocycles. The van der Waals surface area contributed by atoms with E-state index in [-0.39, 0.29) is 11.5 Å². The predicted molar refractivity (Wildman–Crippen MR) is 102 cm³/mol. The summed E-state index contributed by atoms with van der Waals surface area (Å²) in [5.41, 5.74) is 2.18. The first-order valence-corrected chi connectivity index (χ1v) is 8.43. The maximum atomic E-state index is 12.7. The molecule has 1 N–H and O–H groups in total. The highest BCUT2D eigenvalue weighted by Gasteiger charge is 2.10. The van der Waals surface area contributed by atoms with Gasteiger partial charge in [0, 0.05) is 17.8 Å². The van der Waals surface area contributed by atoms with Crippen molar-refractivity contribution in [1.29, 1.82) is 0 Å². The fourth-order valence-corrected chi connectivity index (χ4v) is 2.96. The van der Waals surface area contributed by atoms with Crippen molar-refractivity contribution in [2.24, 2.45) is 0 Å². The number of pyridine rings is 1. The highest BCUT2D eigenvalue weighted by Crippen LogP contribution is 2.16. The molecule has 0 saturated carbocycles. The van der Waals surface area contributed by atoms with Gasteiger partial charge in [0.05, 0.1) is 16.5 Å². The third kappa shape index (κ3) is 3.05. The number of rotatable bonds is 3. The second-order valence-corrected chi connectivity index (χ2v) is 6.33. The van der Waals surface area contributed by atoms with Crippen LogP contribution in [0.25, 0.3) is 16.6 Å². The van der Waals surface area contributed by atoms with Gasteiger partial charge in [-0.25, -0.2) is 4.98 Å². The highest BCUT2D eigenvalue weighted by atomic mass is 35.5. The van der Waals surface area contributed by atoms with Crippen molar-refractivity contribution in [1.82, 2.24) is 14.7 Å². The number of hydrogen-bond donors (Lipinski definition) is 1. The summed E-state index contributed by atoms with van der Waals surface area (Å²) < 4.78 is 1.37. The van der Waals surface area contributed by atoms with Crippen LogP contribution in [-0.2, 0) is 6.54 Å². The van der Waals surface area contributed by atoms with Crippen molar-refractivity contribution in [3.63, 3.8) is 0 Å². The van der Waals surface area contributed by atoms with Gasteiger partial charge in [-0.2, -0.15) is 0 Å². The van der Waals surface area contributed by atoms with Crippen molar-refractivity contribution in [2.75, 3.05) is 0 Å². The lowest BCUT2D eigenvalue weighted by molar-refractivity contribution is 0.0950. The van der Waals surface area contributed by atoms with Gasteiger partial charge in [0.15, 0.2) is 0 Å². The Hall–Kier alpha value is -3.18. The maximum Gasteiger partial charge on any atom is 0.265 e. The lowest BCUT2D eigenvalue weighted by atomic mass is 10.2. The summed E-state index contributed by atoms with van der Waals surface area (Å²) in [5.74, 6) is -0.256. The van der Waals surface area contributed by atoms with Gasteiger partial charge in [0.2, 0.25) is 0 Å². The molecule has 0 spiro atoms. The van der Waals surface area contributed by atoms with Gasteiger partial charge in [0.25, 0.3) is 11.5 Å². The minimum atomic E-state index is -0.259. The summed E-state index contributed by atoms with van der Waals surface area (Å²) in [6, 6.07) is 17.9. The third-order valence-electron chi connectivity index (χ3n) is 4.13. The van der Waals surface area contributed by atoms with Crippen LogP contribution in [0.2, 0.25) is 5.02 Å². The van der Waals surface area contributed by atoms with Crippen LogP contribution in [0.5, 0.6) is 0 Å². The van der Waals surface area contributed by atoms with Gasteiger partial charge in [-0.3, -0.25) is 14.0 Å². The number of carbonyl (C=O) groups is 1. The molecule has 0 aliphatic heterocycles. The molecule has 0 atom stereocenters. The minimum absolute atomic E-state index is 0.256. The van der Waals surface area contributed by atoms with Crippen LogP contribution in [0, 0.1) is 0 Å². The SMILES string of the molecule is O=C(NCc1ccccc1)c1ccc2nc3ccc(Cl)cc3c(=O)n2c1. The molecule has 5 nitrogen and oxygen atoms in total. The van der Waals surface area contributed by atoms with Crippen molar-refractivity contribution < 1.29 is 4.79 Å². The summed E-state index contributed by atoms with van der Waals surface area (Å²) in [6.45, 7) is 0.415. The number of hydrogen-bond acceptors (Lipinski definition) is 3. The Balaban J connectivity index is 1.70. The van der Waals surface area contributed by atoms with E-state index >= 15 is 0 Å². The van der Waals surface area contributed by atoms with Gasteiger partial charge in [-0.1, -0.05) is 41.9 Å². The van der Waals surface area contributed by atoms with Crippen molar-refractivity contribution in [2.45, 2.75) is 6.54 Å². The molecule has 0 aliphatic carbocycles. The molecular formula is C20H14ClN3O2. The number of carbonyl (C=O) groups excluding carboxylic acids is 1. The summed E-state index contributed by atoms with van der Waals surface area (Å²) in [6.07, 6.45) is 1.51. The van der Waals surface area contributed by atoms with E-state index in [1.165, 1.54) is 10.6 Å². The van der Waals surface area contributed by atoms with E-state index in [2.05, 4.69) is 10.3 Å².